The van der Waals surface area contributed by atoms with Crippen LogP contribution in [0.3, 0.4) is 0 Å². The van der Waals surface area contributed by atoms with Crippen molar-refractivity contribution in [3.63, 3.8) is 0 Å². The lowest BCUT2D eigenvalue weighted by Gasteiger charge is -2.46. The maximum absolute atomic E-state index is 3.82. The van der Waals surface area contributed by atoms with Crippen LogP contribution in [0, 0.1) is 11.8 Å². The van der Waals surface area contributed by atoms with Gasteiger partial charge in [0.1, 0.15) is 0 Å². The summed E-state index contributed by atoms with van der Waals surface area (Å²) in [5, 5.41) is 3.82. The van der Waals surface area contributed by atoms with Crippen molar-refractivity contribution in [3.05, 3.63) is 0 Å². The van der Waals surface area contributed by atoms with E-state index in [0.29, 0.717) is 6.04 Å². The van der Waals surface area contributed by atoms with Gasteiger partial charge in [0, 0.05) is 18.6 Å². The first-order valence-corrected chi connectivity index (χ1v) is 9.23. The number of nitrogens with zero attached hydrogens (tertiary/aromatic N) is 1. The number of likely N-dealkylation sites (tertiary alicyclic amines) is 1. The third-order valence-corrected chi connectivity index (χ3v) is 5.78. The maximum Gasteiger partial charge on any atom is 0.0220 e. The van der Waals surface area contributed by atoms with E-state index in [1.54, 1.807) is 0 Å². The van der Waals surface area contributed by atoms with E-state index in [2.05, 4.69) is 31.0 Å². The Morgan fingerprint density at radius 3 is 2.60 bits per heavy atom. The zero-order chi connectivity index (χ0) is 14.4. The van der Waals surface area contributed by atoms with Crippen LogP contribution >= 0.6 is 0 Å². The van der Waals surface area contributed by atoms with E-state index in [4.69, 9.17) is 0 Å². The van der Waals surface area contributed by atoms with Gasteiger partial charge in [0.05, 0.1) is 0 Å². The fourth-order valence-corrected chi connectivity index (χ4v) is 4.27. The summed E-state index contributed by atoms with van der Waals surface area (Å²) in [7, 11) is 0. The fourth-order valence-electron chi connectivity index (χ4n) is 4.27. The zero-order valence-corrected chi connectivity index (χ0v) is 14.0. The third kappa shape index (κ3) is 4.21. The van der Waals surface area contributed by atoms with Crippen molar-refractivity contribution in [1.29, 1.82) is 0 Å². The molecular formula is C18H36N2. The lowest BCUT2D eigenvalue weighted by Crippen LogP contribution is -2.53. The maximum atomic E-state index is 3.82. The lowest BCUT2D eigenvalue weighted by molar-refractivity contribution is 0.0472. The van der Waals surface area contributed by atoms with Crippen molar-refractivity contribution in [3.8, 4) is 0 Å². The van der Waals surface area contributed by atoms with E-state index < -0.39 is 0 Å². The van der Waals surface area contributed by atoms with E-state index in [1.807, 2.05) is 0 Å². The van der Waals surface area contributed by atoms with Crippen LogP contribution < -0.4 is 5.32 Å². The Kier molecular flexibility index (Phi) is 6.83. The zero-order valence-electron chi connectivity index (χ0n) is 14.0. The Labute approximate surface area is 126 Å². The Hall–Kier alpha value is -0.0800. The number of fused-ring (bicyclic) bond motifs is 1. The number of hydrogen-bond donors (Lipinski definition) is 1. The molecule has 0 spiro atoms. The van der Waals surface area contributed by atoms with Crippen LogP contribution in [0.15, 0.2) is 0 Å². The molecule has 2 unspecified atom stereocenters. The molecule has 2 nitrogen and oxygen atoms in total. The standard InChI is InChI=1S/C18H36N2/c1-4-12-19-17(15(3)5-2)14-20-13-8-10-16-9-6-7-11-18(16)20/h15-19H,4-14H2,1-3H3/t15?,16-,17?,18-/m1/s1. The second-order valence-electron chi connectivity index (χ2n) is 7.20. The minimum absolute atomic E-state index is 0.695. The van der Waals surface area contributed by atoms with Crippen LogP contribution in [-0.2, 0) is 0 Å². The summed E-state index contributed by atoms with van der Waals surface area (Å²) in [5.41, 5.74) is 0. The summed E-state index contributed by atoms with van der Waals surface area (Å²) in [6.07, 6.45) is 11.4. The van der Waals surface area contributed by atoms with Crippen LogP contribution in [0.25, 0.3) is 0 Å². The molecule has 4 atom stereocenters. The summed E-state index contributed by atoms with van der Waals surface area (Å²) >= 11 is 0. The second kappa shape index (κ2) is 8.38. The predicted molar refractivity (Wildman–Crippen MR) is 88.1 cm³/mol. The van der Waals surface area contributed by atoms with Gasteiger partial charge in [-0.2, -0.15) is 0 Å². The third-order valence-electron chi connectivity index (χ3n) is 5.78. The first-order chi connectivity index (χ1) is 9.76. The summed E-state index contributed by atoms with van der Waals surface area (Å²) in [5.74, 6) is 1.81. The van der Waals surface area contributed by atoms with E-state index in [0.717, 1.165) is 17.9 Å². The summed E-state index contributed by atoms with van der Waals surface area (Å²) in [6.45, 7) is 10.9. The topological polar surface area (TPSA) is 15.3 Å². The Morgan fingerprint density at radius 1 is 1.10 bits per heavy atom. The van der Waals surface area contributed by atoms with Gasteiger partial charge in [-0.05, 0) is 57.0 Å². The van der Waals surface area contributed by atoms with E-state index in [-0.39, 0.29) is 0 Å². The summed E-state index contributed by atoms with van der Waals surface area (Å²) < 4.78 is 0. The molecule has 0 aromatic heterocycles. The van der Waals surface area contributed by atoms with Gasteiger partial charge in [-0.25, -0.2) is 0 Å². The van der Waals surface area contributed by atoms with Gasteiger partial charge < -0.3 is 5.32 Å². The normalized spacial score (nSPS) is 30.8. The number of piperidine rings is 1. The molecule has 1 saturated carbocycles. The van der Waals surface area contributed by atoms with Crippen LogP contribution in [0.4, 0.5) is 0 Å². The number of hydrogen-bond acceptors (Lipinski definition) is 2. The molecule has 0 radical (unpaired) electrons. The molecule has 1 heterocycles. The van der Waals surface area contributed by atoms with Crippen LogP contribution in [0.2, 0.25) is 0 Å². The number of rotatable bonds is 7. The molecule has 1 N–H and O–H groups in total. The Bertz CT molecular complexity index is 264. The SMILES string of the molecule is CCCNC(CN1CCC[C@H]2CCCC[C@H]21)C(C)CC. The smallest absolute Gasteiger partial charge is 0.0220 e. The Morgan fingerprint density at radius 2 is 1.85 bits per heavy atom. The largest absolute Gasteiger partial charge is 0.312 e. The van der Waals surface area contributed by atoms with Crippen molar-refractivity contribution >= 4 is 0 Å². The fraction of sp³-hybridized carbons (Fsp3) is 1.00. The van der Waals surface area contributed by atoms with Crippen molar-refractivity contribution in [2.24, 2.45) is 11.8 Å². The van der Waals surface area contributed by atoms with Gasteiger partial charge in [-0.3, -0.25) is 4.90 Å². The highest BCUT2D eigenvalue weighted by atomic mass is 15.2. The highest BCUT2D eigenvalue weighted by Crippen LogP contribution is 2.35. The molecule has 0 aromatic rings. The van der Waals surface area contributed by atoms with Gasteiger partial charge in [-0.15, -0.1) is 0 Å². The molecule has 0 amide bonds. The minimum atomic E-state index is 0.695. The average Bonchev–Trinajstić information content (AvgIpc) is 2.50. The van der Waals surface area contributed by atoms with Crippen molar-refractivity contribution in [2.45, 2.75) is 84.2 Å². The molecular weight excluding hydrogens is 244 g/mol. The monoisotopic (exact) mass is 280 g/mol. The molecule has 1 aliphatic carbocycles. The Balaban J connectivity index is 1.93. The van der Waals surface area contributed by atoms with E-state index in [1.165, 1.54) is 71.0 Å². The quantitative estimate of drug-likeness (QED) is 0.756. The van der Waals surface area contributed by atoms with E-state index >= 15 is 0 Å². The molecule has 1 aliphatic heterocycles. The lowest BCUT2D eigenvalue weighted by atomic mass is 9.78. The highest BCUT2D eigenvalue weighted by Gasteiger charge is 2.34. The van der Waals surface area contributed by atoms with Crippen molar-refractivity contribution in [1.82, 2.24) is 10.2 Å². The van der Waals surface area contributed by atoms with Crippen molar-refractivity contribution in [2.75, 3.05) is 19.6 Å². The van der Waals surface area contributed by atoms with Gasteiger partial charge in [-0.1, -0.05) is 40.0 Å². The predicted octanol–water partition coefficient (Wildman–Crippen LogP) is 4.06. The summed E-state index contributed by atoms with van der Waals surface area (Å²) in [4.78, 5) is 2.85. The van der Waals surface area contributed by atoms with Crippen LogP contribution in [0.1, 0.15) is 72.1 Å². The summed E-state index contributed by atoms with van der Waals surface area (Å²) in [6, 6.07) is 1.60. The number of nitrogens with one attached hydrogen (secondary N) is 1. The van der Waals surface area contributed by atoms with Crippen LogP contribution in [-0.4, -0.2) is 36.6 Å². The molecule has 2 aliphatic rings. The molecule has 2 fully saturated rings. The minimum Gasteiger partial charge on any atom is -0.312 e. The second-order valence-corrected chi connectivity index (χ2v) is 7.20. The first kappa shape index (κ1) is 16.3. The molecule has 20 heavy (non-hydrogen) atoms. The molecule has 2 heteroatoms. The molecule has 2 rings (SSSR count). The first-order valence-electron chi connectivity index (χ1n) is 9.23. The molecule has 118 valence electrons. The van der Waals surface area contributed by atoms with E-state index in [9.17, 15) is 0 Å². The molecule has 1 saturated heterocycles. The molecule has 0 aromatic carbocycles. The van der Waals surface area contributed by atoms with Gasteiger partial charge in [0.2, 0.25) is 0 Å². The highest BCUT2D eigenvalue weighted by molar-refractivity contribution is 4.90. The van der Waals surface area contributed by atoms with Gasteiger partial charge in [0.25, 0.3) is 0 Å². The van der Waals surface area contributed by atoms with Gasteiger partial charge >= 0.3 is 0 Å². The van der Waals surface area contributed by atoms with Crippen molar-refractivity contribution < 1.29 is 0 Å². The average molecular weight is 280 g/mol. The molecule has 0 bridgehead atoms. The van der Waals surface area contributed by atoms with Crippen LogP contribution in [0.5, 0.6) is 0 Å². The van der Waals surface area contributed by atoms with Gasteiger partial charge in [0.15, 0.2) is 0 Å².